The molecule has 2 bridgehead atoms. The van der Waals surface area contributed by atoms with Gasteiger partial charge in [0.05, 0.1) is 4.92 Å². The van der Waals surface area contributed by atoms with Crippen LogP contribution in [0.3, 0.4) is 0 Å². The zero-order chi connectivity index (χ0) is 16.4. The highest BCUT2D eigenvalue weighted by atomic mass is 35.5. The first-order chi connectivity index (χ1) is 11.0. The van der Waals surface area contributed by atoms with Crippen LogP contribution >= 0.6 is 11.6 Å². The molecule has 0 spiro atoms. The van der Waals surface area contributed by atoms with Crippen molar-refractivity contribution in [2.45, 2.75) is 18.9 Å². The van der Waals surface area contributed by atoms with E-state index in [2.05, 4.69) is 10.2 Å². The van der Waals surface area contributed by atoms with Gasteiger partial charge in [0.2, 0.25) is 5.91 Å². The molecule has 3 fully saturated rings. The molecular formula is C16H18ClN3O3. The normalized spacial score (nSPS) is 26.4. The van der Waals surface area contributed by atoms with Crippen LogP contribution in [-0.2, 0) is 4.79 Å². The summed E-state index contributed by atoms with van der Waals surface area (Å²) in [6.45, 7) is 3.17. The van der Waals surface area contributed by atoms with Gasteiger partial charge in [0.15, 0.2) is 0 Å². The number of carbonyl (C=O) groups excluding carboxylic acids is 1. The van der Waals surface area contributed by atoms with E-state index in [-0.39, 0.29) is 22.7 Å². The molecule has 0 aliphatic carbocycles. The quantitative estimate of drug-likeness (QED) is 0.521. The van der Waals surface area contributed by atoms with Crippen molar-refractivity contribution in [1.82, 2.24) is 10.2 Å². The van der Waals surface area contributed by atoms with Gasteiger partial charge in [-0.05, 0) is 49.6 Å². The molecule has 122 valence electrons. The van der Waals surface area contributed by atoms with Gasteiger partial charge in [-0.3, -0.25) is 14.9 Å². The summed E-state index contributed by atoms with van der Waals surface area (Å²) < 4.78 is 0. The largest absolute Gasteiger partial charge is 0.348 e. The number of rotatable bonds is 4. The third-order valence-electron chi connectivity index (χ3n) is 4.58. The predicted molar refractivity (Wildman–Crippen MR) is 88.2 cm³/mol. The van der Waals surface area contributed by atoms with Crippen molar-refractivity contribution < 1.29 is 9.72 Å². The summed E-state index contributed by atoms with van der Waals surface area (Å²) in [5.41, 5.74) is 0.414. The summed E-state index contributed by atoms with van der Waals surface area (Å²) in [5.74, 6) is 0.398. The topological polar surface area (TPSA) is 75.5 Å². The molecule has 1 aromatic rings. The number of nitrogens with zero attached hydrogens (tertiary/aromatic N) is 2. The molecule has 1 N–H and O–H groups in total. The molecule has 3 aliphatic heterocycles. The SMILES string of the molecule is O=C(C=Cc1ccc(Cl)c([N+](=O)[O-])c1)NC1CN2CCC1CC2. The molecule has 3 heterocycles. The summed E-state index contributed by atoms with van der Waals surface area (Å²) in [7, 11) is 0. The molecule has 23 heavy (non-hydrogen) atoms. The third kappa shape index (κ3) is 3.71. The first-order valence-corrected chi connectivity index (χ1v) is 8.05. The Bertz CT molecular complexity index is 654. The minimum absolute atomic E-state index is 0.0869. The maximum absolute atomic E-state index is 12.1. The Balaban J connectivity index is 1.62. The van der Waals surface area contributed by atoms with Gasteiger partial charge in [-0.1, -0.05) is 17.7 Å². The molecule has 7 heteroatoms. The van der Waals surface area contributed by atoms with Crippen LogP contribution in [0.25, 0.3) is 6.08 Å². The lowest BCUT2D eigenvalue weighted by molar-refractivity contribution is -0.384. The Kier molecular flexibility index (Phi) is 4.63. The van der Waals surface area contributed by atoms with Gasteiger partial charge >= 0.3 is 0 Å². The fraction of sp³-hybridized carbons (Fsp3) is 0.438. The lowest BCUT2D eigenvalue weighted by Crippen LogP contribution is -2.57. The first-order valence-electron chi connectivity index (χ1n) is 7.68. The minimum Gasteiger partial charge on any atom is -0.348 e. The van der Waals surface area contributed by atoms with Crippen LogP contribution in [0.15, 0.2) is 24.3 Å². The fourth-order valence-electron chi connectivity index (χ4n) is 3.30. The molecule has 1 atom stereocenters. The second kappa shape index (κ2) is 6.68. The number of fused-ring (bicyclic) bond motifs is 3. The molecule has 0 radical (unpaired) electrons. The first kappa shape index (κ1) is 16.0. The van der Waals surface area contributed by atoms with E-state index in [1.54, 1.807) is 12.1 Å². The van der Waals surface area contributed by atoms with Crippen LogP contribution < -0.4 is 5.32 Å². The maximum Gasteiger partial charge on any atom is 0.288 e. The minimum atomic E-state index is -0.535. The predicted octanol–water partition coefficient (Wildman–Crippen LogP) is 2.47. The van der Waals surface area contributed by atoms with Crippen molar-refractivity contribution in [1.29, 1.82) is 0 Å². The summed E-state index contributed by atoms with van der Waals surface area (Å²) in [6, 6.07) is 4.67. The lowest BCUT2D eigenvalue weighted by atomic mass is 9.84. The maximum atomic E-state index is 12.1. The Morgan fingerprint density at radius 1 is 1.39 bits per heavy atom. The molecule has 0 aromatic heterocycles. The van der Waals surface area contributed by atoms with E-state index in [1.165, 1.54) is 18.2 Å². The van der Waals surface area contributed by atoms with Gasteiger partial charge in [-0.15, -0.1) is 0 Å². The van der Waals surface area contributed by atoms with Gasteiger partial charge in [-0.2, -0.15) is 0 Å². The molecule has 3 aliphatic rings. The van der Waals surface area contributed by atoms with Gasteiger partial charge in [-0.25, -0.2) is 0 Å². The average molecular weight is 336 g/mol. The van der Waals surface area contributed by atoms with Gasteiger partial charge in [0.25, 0.3) is 5.69 Å². The molecule has 4 rings (SSSR count). The highest BCUT2D eigenvalue weighted by molar-refractivity contribution is 6.32. The Morgan fingerprint density at radius 2 is 2.13 bits per heavy atom. The highest BCUT2D eigenvalue weighted by Gasteiger charge is 2.34. The van der Waals surface area contributed by atoms with E-state index in [4.69, 9.17) is 11.6 Å². The van der Waals surface area contributed by atoms with Crippen molar-refractivity contribution in [2.24, 2.45) is 5.92 Å². The second-order valence-electron chi connectivity index (χ2n) is 6.05. The van der Waals surface area contributed by atoms with E-state index in [0.717, 1.165) is 32.5 Å². The summed E-state index contributed by atoms with van der Waals surface area (Å²) in [6.07, 6.45) is 5.26. The molecule has 0 saturated carbocycles. The van der Waals surface area contributed by atoms with Gasteiger partial charge in [0, 0.05) is 24.7 Å². The lowest BCUT2D eigenvalue weighted by Gasteiger charge is -2.44. The van der Waals surface area contributed by atoms with E-state index in [0.29, 0.717) is 11.5 Å². The standard InChI is InChI=1S/C16H18ClN3O3/c17-13-3-1-11(9-15(13)20(22)23)2-4-16(21)18-14-10-19-7-5-12(14)6-8-19/h1-4,9,12,14H,5-8,10H2,(H,18,21). The highest BCUT2D eigenvalue weighted by Crippen LogP contribution is 2.28. The fourth-order valence-corrected chi connectivity index (χ4v) is 3.49. The van der Waals surface area contributed by atoms with Crippen molar-refractivity contribution in [3.05, 3.63) is 45.0 Å². The van der Waals surface area contributed by atoms with Crippen LogP contribution in [-0.4, -0.2) is 41.4 Å². The summed E-state index contributed by atoms with van der Waals surface area (Å²) >= 11 is 5.77. The molecular weight excluding hydrogens is 318 g/mol. The molecule has 1 unspecified atom stereocenters. The number of piperidine rings is 3. The van der Waals surface area contributed by atoms with Crippen LogP contribution in [0.2, 0.25) is 5.02 Å². The zero-order valence-corrected chi connectivity index (χ0v) is 13.3. The number of nitro groups is 1. The van der Waals surface area contributed by atoms with Crippen LogP contribution in [0, 0.1) is 16.0 Å². The number of hydrogen-bond acceptors (Lipinski definition) is 4. The van der Waals surface area contributed by atoms with Crippen LogP contribution in [0.5, 0.6) is 0 Å². The van der Waals surface area contributed by atoms with Gasteiger partial charge in [0.1, 0.15) is 5.02 Å². The average Bonchev–Trinajstić information content (AvgIpc) is 2.55. The molecule has 6 nitrogen and oxygen atoms in total. The number of carbonyl (C=O) groups is 1. The van der Waals surface area contributed by atoms with E-state index >= 15 is 0 Å². The van der Waals surface area contributed by atoms with E-state index in [1.807, 2.05) is 0 Å². The monoisotopic (exact) mass is 335 g/mol. The summed E-state index contributed by atoms with van der Waals surface area (Å²) in [5, 5.41) is 14.0. The van der Waals surface area contributed by atoms with Gasteiger partial charge < -0.3 is 10.2 Å². The number of halogens is 1. The summed E-state index contributed by atoms with van der Waals surface area (Å²) in [4.78, 5) is 24.8. The van der Waals surface area contributed by atoms with Crippen LogP contribution in [0.1, 0.15) is 18.4 Å². The number of hydrogen-bond donors (Lipinski definition) is 1. The Morgan fingerprint density at radius 3 is 2.74 bits per heavy atom. The van der Waals surface area contributed by atoms with Crippen molar-refractivity contribution in [2.75, 3.05) is 19.6 Å². The third-order valence-corrected chi connectivity index (χ3v) is 4.90. The smallest absolute Gasteiger partial charge is 0.288 e. The van der Waals surface area contributed by atoms with Crippen molar-refractivity contribution in [3.8, 4) is 0 Å². The Labute approximate surface area is 139 Å². The molecule has 1 aromatic carbocycles. The van der Waals surface area contributed by atoms with E-state index in [9.17, 15) is 14.9 Å². The number of nitro benzene ring substituents is 1. The van der Waals surface area contributed by atoms with Crippen LogP contribution in [0.4, 0.5) is 5.69 Å². The number of nitrogens with one attached hydrogen (secondary N) is 1. The second-order valence-corrected chi connectivity index (χ2v) is 6.46. The van der Waals surface area contributed by atoms with Crippen molar-refractivity contribution in [3.63, 3.8) is 0 Å². The molecule has 1 amide bonds. The number of amides is 1. The zero-order valence-electron chi connectivity index (χ0n) is 12.6. The van der Waals surface area contributed by atoms with E-state index < -0.39 is 4.92 Å². The van der Waals surface area contributed by atoms with Crippen molar-refractivity contribution >= 4 is 29.3 Å². The molecule has 3 saturated heterocycles. The number of benzene rings is 1. The Hall–Kier alpha value is -1.92.